The quantitative estimate of drug-likeness (QED) is 0.692. The van der Waals surface area contributed by atoms with Gasteiger partial charge in [-0.25, -0.2) is 0 Å². The van der Waals surface area contributed by atoms with Gasteiger partial charge < -0.3 is 9.64 Å². The predicted octanol–water partition coefficient (Wildman–Crippen LogP) is 4.12. The molecular formula is C22H26N2O3. The van der Waals surface area contributed by atoms with Crippen molar-refractivity contribution in [3.8, 4) is 5.75 Å². The van der Waals surface area contributed by atoms with Crippen molar-refractivity contribution in [1.82, 2.24) is 9.88 Å². The van der Waals surface area contributed by atoms with Gasteiger partial charge in [0, 0.05) is 31.1 Å². The van der Waals surface area contributed by atoms with Gasteiger partial charge in [0.25, 0.3) is 0 Å². The topological polar surface area (TPSA) is 59.5 Å². The average Bonchev–Trinajstić information content (AvgIpc) is 3.18. The van der Waals surface area contributed by atoms with Crippen molar-refractivity contribution in [2.75, 3.05) is 13.2 Å². The predicted molar refractivity (Wildman–Crippen MR) is 104 cm³/mol. The summed E-state index contributed by atoms with van der Waals surface area (Å²) in [5, 5.41) is 0. The van der Waals surface area contributed by atoms with Crippen molar-refractivity contribution in [2.24, 2.45) is 0 Å². The second kappa shape index (κ2) is 8.80. The van der Waals surface area contributed by atoms with E-state index in [1.807, 2.05) is 49.1 Å². The summed E-state index contributed by atoms with van der Waals surface area (Å²) in [4.78, 5) is 31.5. The molecule has 142 valence electrons. The van der Waals surface area contributed by atoms with E-state index >= 15 is 0 Å². The molecule has 0 spiro atoms. The molecule has 1 fully saturated rings. The van der Waals surface area contributed by atoms with Crippen LogP contribution in [0.4, 0.5) is 0 Å². The monoisotopic (exact) mass is 366 g/mol. The zero-order valence-corrected chi connectivity index (χ0v) is 16.0. The molecule has 5 heteroatoms. The number of aromatic nitrogens is 1. The Morgan fingerprint density at radius 2 is 2.07 bits per heavy atom. The van der Waals surface area contributed by atoms with Crippen LogP contribution < -0.4 is 4.74 Å². The molecule has 1 aromatic carbocycles. The zero-order chi connectivity index (χ0) is 19.2. The highest BCUT2D eigenvalue weighted by molar-refractivity contribution is 5.98. The smallest absolute Gasteiger partial charge is 0.223 e. The number of rotatable bonds is 7. The number of carbonyl (C=O) groups excluding carboxylic acids is 2. The van der Waals surface area contributed by atoms with Crippen molar-refractivity contribution >= 4 is 11.7 Å². The highest BCUT2D eigenvalue weighted by Crippen LogP contribution is 2.31. The van der Waals surface area contributed by atoms with Gasteiger partial charge in [-0.15, -0.1) is 0 Å². The molecule has 1 amide bonds. The largest absolute Gasteiger partial charge is 0.494 e. The number of Topliss-reactive ketones (excluding diaryl/α,β-unsaturated/α-hetero) is 1. The highest BCUT2D eigenvalue weighted by Gasteiger charge is 2.30. The SMILES string of the molecule is CCOc1ccc(C(=O)CCC(=O)N2CCC[C@@H]2c2ccccn2)cc1C. The molecule has 0 bridgehead atoms. The highest BCUT2D eigenvalue weighted by atomic mass is 16.5. The Hall–Kier alpha value is -2.69. The first-order valence-electron chi connectivity index (χ1n) is 9.57. The van der Waals surface area contributed by atoms with Gasteiger partial charge in [0.2, 0.25) is 5.91 Å². The molecule has 2 heterocycles. The van der Waals surface area contributed by atoms with Crippen LogP contribution in [-0.2, 0) is 4.79 Å². The second-order valence-corrected chi connectivity index (χ2v) is 6.84. The van der Waals surface area contributed by atoms with Crippen LogP contribution in [0.15, 0.2) is 42.6 Å². The van der Waals surface area contributed by atoms with Crippen LogP contribution in [0.3, 0.4) is 0 Å². The molecule has 0 unspecified atom stereocenters. The van der Waals surface area contributed by atoms with Crippen LogP contribution in [0.5, 0.6) is 5.75 Å². The minimum absolute atomic E-state index is 0.0110. The normalized spacial score (nSPS) is 16.4. The Balaban J connectivity index is 1.60. The molecule has 0 saturated carbocycles. The summed E-state index contributed by atoms with van der Waals surface area (Å²) in [7, 11) is 0. The average molecular weight is 366 g/mol. The van der Waals surface area contributed by atoms with E-state index in [2.05, 4.69) is 4.98 Å². The maximum atomic E-state index is 12.7. The number of likely N-dealkylation sites (tertiary alicyclic amines) is 1. The van der Waals surface area contributed by atoms with Crippen LogP contribution in [0.25, 0.3) is 0 Å². The third-order valence-electron chi connectivity index (χ3n) is 4.97. The van der Waals surface area contributed by atoms with Gasteiger partial charge in [-0.3, -0.25) is 14.6 Å². The number of ketones is 1. The van der Waals surface area contributed by atoms with Crippen molar-refractivity contribution in [3.05, 3.63) is 59.4 Å². The number of aryl methyl sites for hydroxylation is 1. The summed E-state index contributed by atoms with van der Waals surface area (Å²) in [6, 6.07) is 11.3. The van der Waals surface area contributed by atoms with E-state index in [1.165, 1.54) is 0 Å². The maximum Gasteiger partial charge on any atom is 0.223 e. The molecule has 1 aliphatic rings. The summed E-state index contributed by atoms with van der Waals surface area (Å²) < 4.78 is 5.51. The van der Waals surface area contributed by atoms with E-state index in [9.17, 15) is 9.59 Å². The molecule has 27 heavy (non-hydrogen) atoms. The van der Waals surface area contributed by atoms with Crippen molar-refractivity contribution in [2.45, 2.75) is 45.6 Å². The van der Waals surface area contributed by atoms with E-state index in [-0.39, 0.29) is 30.6 Å². The molecule has 0 radical (unpaired) electrons. The first-order valence-corrected chi connectivity index (χ1v) is 9.57. The number of hydrogen-bond acceptors (Lipinski definition) is 4. The first kappa shape index (κ1) is 19.1. The minimum atomic E-state index is -0.0110. The van der Waals surface area contributed by atoms with Crippen molar-refractivity contribution in [3.63, 3.8) is 0 Å². The lowest BCUT2D eigenvalue weighted by Gasteiger charge is -2.24. The molecular weight excluding hydrogens is 340 g/mol. The van der Waals surface area contributed by atoms with E-state index in [0.29, 0.717) is 12.2 Å². The molecule has 0 aliphatic carbocycles. The molecule has 2 aromatic rings. The molecule has 1 saturated heterocycles. The number of amides is 1. The van der Waals surface area contributed by atoms with E-state index < -0.39 is 0 Å². The third kappa shape index (κ3) is 4.54. The molecule has 1 atom stereocenters. The first-order chi connectivity index (χ1) is 13.1. The van der Waals surface area contributed by atoms with Crippen molar-refractivity contribution in [1.29, 1.82) is 0 Å². The molecule has 1 aliphatic heterocycles. The number of nitrogens with zero attached hydrogens (tertiary/aromatic N) is 2. The molecule has 1 aromatic heterocycles. The maximum absolute atomic E-state index is 12.7. The lowest BCUT2D eigenvalue weighted by Crippen LogP contribution is -2.31. The van der Waals surface area contributed by atoms with Gasteiger partial charge in [-0.05, 0) is 62.6 Å². The zero-order valence-electron chi connectivity index (χ0n) is 16.0. The number of benzene rings is 1. The standard InChI is InChI=1S/C22H26N2O3/c1-3-27-21-11-9-17(15-16(21)2)20(25)10-12-22(26)24-14-6-8-19(24)18-7-4-5-13-23-18/h4-5,7,9,11,13,15,19H,3,6,8,10,12,14H2,1-2H3/t19-/m1/s1. The van der Waals surface area contributed by atoms with E-state index in [1.54, 1.807) is 12.3 Å². The van der Waals surface area contributed by atoms with E-state index in [4.69, 9.17) is 4.74 Å². The fraction of sp³-hybridized carbons (Fsp3) is 0.409. The fourth-order valence-corrected chi connectivity index (χ4v) is 3.59. The van der Waals surface area contributed by atoms with Crippen LogP contribution in [-0.4, -0.2) is 34.7 Å². The van der Waals surface area contributed by atoms with Gasteiger partial charge in [0.15, 0.2) is 5.78 Å². The number of hydrogen-bond donors (Lipinski definition) is 0. The minimum Gasteiger partial charge on any atom is -0.494 e. The Labute approximate surface area is 160 Å². The Morgan fingerprint density at radius 1 is 1.22 bits per heavy atom. The van der Waals surface area contributed by atoms with Gasteiger partial charge in [-0.2, -0.15) is 0 Å². The van der Waals surface area contributed by atoms with Gasteiger partial charge >= 0.3 is 0 Å². The molecule has 5 nitrogen and oxygen atoms in total. The summed E-state index contributed by atoms with van der Waals surface area (Å²) in [6.07, 6.45) is 4.11. The van der Waals surface area contributed by atoms with Gasteiger partial charge in [0.1, 0.15) is 5.75 Å². The van der Waals surface area contributed by atoms with Crippen LogP contribution in [0, 0.1) is 6.92 Å². The fourth-order valence-electron chi connectivity index (χ4n) is 3.59. The summed E-state index contributed by atoms with van der Waals surface area (Å²) >= 11 is 0. The summed E-state index contributed by atoms with van der Waals surface area (Å²) in [6.45, 7) is 5.18. The Morgan fingerprint density at radius 3 is 2.78 bits per heavy atom. The summed E-state index contributed by atoms with van der Waals surface area (Å²) in [5.74, 6) is 0.808. The Kier molecular flexibility index (Phi) is 6.22. The third-order valence-corrected chi connectivity index (χ3v) is 4.97. The Bertz CT molecular complexity index is 804. The number of pyridine rings is 1. The van der Waals surface area contributed by atoms with Crippen LogP contribution >= 0.6 is 0 Å². The lowest BCUT2D eigenvalue weighted by atomic mass is 10.0. The number of carbonyl (C=O) groups is 2. The van der Waals surface area contributed by atoms with Crippen molar-refractivity contribution < 1.29 is 14.3 Å². The van der Waals surface area contributed by atoms with Crippen LogP contribution in [0.1, 0.15) is 60.3 Å². The van der Waals surface area contributed by atoms with Gasteiger partial charge in [-0.1, -0.05) is 6.07 Å². The van der Waals surface area contributed by atoms with Crippen LogP contribution in [0.2, 0.25) is 0 Å². The van der Waals surface area contributed by atoms with E-state index in [0.717, 1.165) is 36.4 Å². The lowest BCUT2D eigenvalue weighted by molar-refractivity contribution is -0.132. The van der Waals surface area contributed by atoms with Gasteiger partial charge in [0.05, 0.1) is 18.3 Å². The molecule has 0 N–H and O–H groups in total. The molecule has 3 rings (SSSR count). The summed E-state index contributed by atoms with van der Waals surface area (Å²) in [5.41, 5.74) is 2.49. The number of ether oxygens (including phenoxy) is 1. The second-order valence-electron chi connectivity index (χ2n) is 6.84.